The van der Waals surface area contributed by atoms with Crippen LogP contribution >= 0.6 is 0 Å². The van der Waals surface area contributed by atoms with Crippen LogP contribution in [-0.2, 0) is 22.7 Å². The van der Waals surface area contributed by atoms with E-state index in [9.17, 15) is 14.4 Å². The van der Waals surface area contributed by atoms with Crippen molar-refractivity contribution in [3.8, 4) is 0 Å². The van der Waals surface area contributed by atoms with Crippen molar-refractivity contribution in [1.29, 1.82) is 0 Å². The monoisotopic (exact) mass is 298 g/mol. The van der Waals surface area contributed by atoms with Gasteiger partial charge in [0.1, 0.15) is 12.1 Å². The number of nitrogens with zero attached hydrogens (tertiary/aromatic N) is 3. The van der Waals surface area contributed by atoms with Crippen molar-refractivity contribution >= 4 is 11.9 Å². The Labute approximate surface area is 120 Å². The van der Waals surface area contributed by atoms with E-state index in [1.165, 1.54) is 7.11 Å². The van der Waals surface area contributed by atoms with E-state index in [4.69, 9.17) is 9.15 Å². The quantitative estimate of drug-likeness (QED) is 0.723. The van der Waals surface area contributed by atoms with Gasteiger partial charge in [0, 0.05) is 20.2 Å². The maximum Gasteiger partial charge on any atom is 0.437 e. The fourth-order valence-electron chi connectivity index (χ4n) is 2.07. The van der Waals surface area contributed by atoms with E-state index in [1.807, 2.05) is 0 Å². The Hall–Kier alpha value is -2.16. The number of hydrogen-bond acceptors (Lipinski definition) is 6. The van der Waals surface area contributed by atoms with E-state index in [-0.39, 0.29) is 31.5 Å². The summed E-state index contributed by atoms with van der Waals surface area (Å²) in [5, 5.41) is 6.53. The maximum absolute atomic E-state index is 12.0. The van der Waals surface area contributed by atoms with Gasteiger partial charge in [-0.3, -0.25) is 9.69 Å². The Morgan fingerprint density at radius 3 is 2.57 bits per heavy atom. The smallest absolute Gasteiger partial charge is 0.390 e. The summed E-state index contributed by atoms with van der Waals surface area (Å²) < 4.78 is 10.8. The van der Waals surface area contributed by atoms with Crippen molar-refractivity contribution in [1.82, 2.24) is 20.0 Å². The average molecular weight is 298 g/mol. The lowest BCUT2D eigenvalue weighted by molar-refractivity contribution is -0.130. The van der Waals surface area contributed by atoms with Crippen LogP contribution in [0.1, 0.15) is 26.2 Å². The van der Waals surface area contributed by atoms with Gasteiger partial charge in [-0.05, 0) is 20.3 Å². The second-order valence-corrected chi connectivity index (χ2v) is 5.28. The zero-order valence-electron chi connectivity index (χ0n) is 12.2. The lowest BCUT2D eigenvalue weighted by Crippen LogP contribution is -2.40. The first-order chi connectivity index (χ1) is 9.85. The van der Waals surface area contributed by atoms with E-state index in [0.29, 0.717) is 6.42 Å². The van der Waals surface area contributed by atoms with Crippen molar-refractivity contribution < 1.29 is 18.7 Å². The molecule has 0 atom stereocenters. The van der Waals surface area contributed by atoms with Crippen LogP contribution in [0.4, 0.5) is 4.79 Å². The summed E-state index contributed by atoms with van der Waals surface area (Å²) in [5.41, 5.74) is -0.882. The molecule has 9 heteroatoms. The third-order valence-electron chi connectivity index (χ3n) is 3.11. The number of aromatic nitrogens is 2. The summed E-state index contributed by atoms with van der Waals surface area (Å²) in [4.78, 5) is 36.3. The number of carbonyl (C=O) groups excluding carboxylic acids is 2. The lowest BCUT2D eigenvalue weighted by Gasteiger charge is -2.15. The van der Waals surface area contributed by atoms with Crippen LogP contribution < -0.4 is 11.1 Å². The third kappa shape index (κ3) is 3.13. The van der Waals surface area contributed by atoms with E-state index in [1.54, 1.807) is 13.8 Å². The van der Waals surface area contributed by atoms with Gasteiger partial charge in [-0.15, -0.1) is 5.10 Å². The number of methoxy groups -OCH3 is 1. The fraction of sp³-hybridized carbons (Fsp3) is 0.667. The molecule has 1 aromatic rings. The van der Waals surface area contributed by atoms with Gasteiger partial charge in [0.15, 0.2) is 0 Å². The van der Waals surface area contributed by atoms with Crippen molar-refractivity contribution in [3.63, 3.8) is 0 Å². The van der Waals surface area contributed by atoms with Gasteiger partial charge in [0.25, 0.3) is 5.91 Å². The van der Waals surface area contributed by atoms with Crippen molar-refractivity contribution in [2.45, 2.75) is 39.0 Å². The van der Waals surface area contributed by atoms with Gasteiger partial charge in [-0.25, -0.2) is 9.59 Å². The molecule has 1 aliphatic rings. The second kappa shape index (κ2) is 5.68. The number of ether oxygens (including phenoxy) is 1. The lowest BCUT2D eigenvalue weighted by atomic mass is 10.1. The predicted octanol–water partition coefficient (Wildman–Crippen LogP) is -0.297. The molecule has 9 nitrogen and oxygen atoms in total. The topological polar surface area (TPSA) is 107 Å². The van der Waals surface area contributed by atoms with Gasteiger partial charge in [-0.2, -0.15) is 4.68 Å². The molecule has 0 unspecified atom stereocenters. The van der Waals surface area contributed by atoms with Crippen molar-refractivity contribution in [3.05, 3.63) is 16.4 Å². The molecule has 0 aliphatic carbocycles. The van der Waals surface area contributed by atoms with Gasteiger partial charge in [0.05, 0.1) is 0 Å². The minimum absolute atomic E-state index is 0.115. The van der Waals surface area contributed by atoms with E-state index in [2.05, 4.69) is 10.4 Å². The molecule has 0 radical (unpaired) electrons. The molecule has 1 saturated heterocycles. The van der Waals surface area contributed by atoms with Crippen LogP contribution in [0.2, 0.25) is 0 Å². The van der Waals surface area contributed by atoms with Crippen LogP contribution in [-0.4, -0.2) is 45.8 Å². The Morgan fingerprint density at radius 2 is 2.00 bits per heavy atom. The molecule has 0 spiro atoms. The second-order valence-electron chi connectivity index (χ2n) is 5.28. The third-order valence-corrected chi connectivity index (χ3v) is 3.11. The highest BCUT2D eigenvalue weighted by Crippen LogP contribution is 2.16. The molecule has 21 heavy (non-hydrogen) atoms. The summed E-state index contributed by atoms with van der Waals surface area (Å²) in [6, 6.07) is -0.419. The van der Waals surface area contributed by atoms with Gasteiger partial charge in [-0.1, -0.05) is 0 Å². The molecular weight excluding hydrogens is 280 g/mol. The van der Waals surface area contributed by atoms with E-state index >= 15 is 0 Å². The average Bonchev–Trinajstić information content (AvgIpc) is 2.82. The molecular formula is C12H18N4O5. The molecule has 1 fully saturated rings. The van der Waals surface area contributed by atoms with Gasteiger partial charge in [0.2, 0.25) is 5.89 Å². The number of urea groups is 1. The molecule has 116 valence electrons. The SMILES string of the molecule is COCc1nn(CCCN2C(=O)NC(C)(C)C2=O)c(=O)o1. The summed E-state index contributed by atoms with van der Waals surface area (Å²) in [6.07, 6.45) is 0.411. The first kappa shape index (κ1) is 15.2. The highest BCUT2D eigenvalue weighted by molar-refractivity contribution is 6.06. The number of imide groups is 1. The van der Waals surface area contributed by atoms with Gasteiger partial charge < -0.3 is 14.5 Å². The van der Waals surface area contributed by atoms with Gasteiger partial charge >= 0.3 is 11.8 Å². The van der Waals surface area contributed by atoms with Crippen LogP contribution in [0.25, 0.3) is 0 Å². The normalized spacial score (nSPS) is 17.4. The van der Waals surface area contributed by atoms with Crippen molar-refractivity contribution in [2.75, 3.05) is 13.7 Å². The van der Waals surface area contributed by atoms with Crippen LogP contribution in [0.5, 0.6) is 0 Å². The number of rotatable bonds is 6. The fourth-order valence-corrected chi connectivity index (χ4v) is 2.07. The zero-order valence-corrected chi connectivity index (χ0v) is 12.2. The summed E-state index contributed by atoms with van der Waals surface area (Å²) in [5.74, 6) is -0.668. The zero-order chi connectivity index (χ0) is 15.6. The summed E-state index contributed by atoms with van der Waals surface area (Å²) >= 11 is 0. The predicted molar refractivity (Wildman–Crippen MR) is 70.4 cm³/mol. The Balaban J connectivity index is 1.92. The van der Waals surface area contributed by atoms with Crippen molar-refractivity contribution in [2.24, 2.45) is 0 Å². The van der Waals surface area contributed by atoms with Crippen LogP contribution in [0, 0.1) is 0 Å². The number of aryl methyl sites for hydroxylation is 1. The molecule has 1 aromatic heterocycles. The molecule has 2 heterocycles. The summed E-state index contributed by atoms with van der Waals surface area (Å²) in [7, 11) is 1.47. The molecule has 3 amide bonds. The molecule has 1 N–H and O–H groups in total. The Bertz CT molecular complexity index is 603. The largest absolute Gasteiger partial charge is 0.437 e. The Morgan fingerprint density at radius 1 is 1.29 bits per heavy atom. The maximum atomic E-state index is 12.0. The minimum Gasteiger partial charge on any atom is -0.390 e. The standard InChI is InChI=1S/C12H18N4O5/c1-12(2)9(17)15(10(18)13-12)5-4-6-16-11(19)21-8(14-16)7-20-3/h4-7H2,1-3H3,(H,13,18). The number of nitrogens with one attached hydrogen (secondary N) is 1. The first-order valence-electron chi connectivity index (χ1n) is 6.55. The van der Waals surface area contributed by atoms with E-state index < -0.39 is 17.3 Å². The minimum atomic E-state index is -0.882. The number of carbonyl (C=O) groups is 2. The summed E-state index contributed by atoms with van der Waals surface area (Å²) in [6.45, 7) is 3.87. The Kier molecular flexibility index (Phi) is 4.12. The molecule has 0 bridgehead atoms. The van der Waals surface area contributed by atoms with Crippen LogP contribution in [0.15, 0.2) is 9.21 Å². The highest BCUT2D eigenvalue weighted by atomic mass is 16.5. The highest BCUT2D eigenvalue weighted by Gasteiger charge is 2.43. The first-order valence-corrected chi connectivity index (χ1v) is 6.55. The molecule has 2 rings (SSSR count). The number of amides is 3. The van der Waals surface area contributed by atoms with Crippen LogP contribution in [0.3, 0.4) is 0 Å². The molecule has 1 aliphatic heterocycles. The molecule has 0 aromatic carbocycles. The van der Waals surface area contributed by atoms with E-state index in [0.717, 1.165) is 9.58 Å². The molecule has 0 saturated carbocycles. The number of hydrogen-bond donors (Lipinski definition) is 1.